The maximum Gasteiger partial charge on any atom is 0.366 e. The van der Waals surface area contributed by atoms with Gasteiger partial charge in [-0.2, -0.15) is 5.26 Å². The summed E-state index contributed by atoms with van der Waals surface area (Å²) in [6.45, 7) is 0. The Morgan fingerprint density at radius 3 is 2.29 bits per heavy atom. The number of hydrogen-bond acceptors (Lipinski definition) is 3. The molecule has 0 saturated heterocycles. The van der Waals surface area contributed by atoms with E-state index < -0.39 is 12.9 Å². The molecule has 0 atom stereocenters. The fraction of sp³-hybridized carbons (Fsp3) is 0. The molecule has 6 aromatic rings. The van der Waals surface area contributed by atoms with E-state index in [2.05, 4.69) is 59.2 Å². The number of nitriles is 1. The first kappa shape index (κ1) is 20.9. The van der Waals surface area contributed by atoms with Crippen LogP contribution in [-0.2, 0) is 4.57 Å². The molecule has 5 nitrogen and oxygen atoms in total. The molecular formula is C27H17N2O3PS. The lowest BCUT2D eigenvalue weighted by atomic mass is 10.1. The summed E-state index contributed by atoms with van der Waals surface area (Å²) < 4.78 is 16.2. The van der Waals surface area contributed by atoms with Crippen LogP contribution < -0.4 is 0 Å². The van der Waals surface area contributed by atoms with Crippen molar-refractivity contribution in [3.8, 4) is 11.8 Å². The van der Waals surface area contributed by atoms with Crippen LogP contribution in [0.25, 0.3) is 53.7 Å². The maximum atomic E-state index is 11.5. The Morgan fingerprint density at radius 1 is 0.853 bits per heavy atom. The molecule has 164 valence electrons. The number of thiophene rings is 1. The van der Waals surface area contributed by atoms with Crippen LogP contribution in [0, 0.1) is 11.3 Å². The van der Waals surface area contributed by atoms with Crippen molar-refractivity contribution < 1.29 is 14.4 Å². The Morgan fingerprint density at radius 2 is 1.56 bits per heavy atom. The first-order valence-corrected chi connectivity index (χ1v) is 13.0. The molecule has 0 radical (unpaired) electrons. The average molecular weight is 480 g/mol. The minimum Gasteiger partial charge on any atom is -0.321 e. The van der Waals surface area contributed by atoms with Gasteiger partial charge in [-0.1, -0.05) is 54.6 Å². The van der Waals surface area contributed by atoms with E-state index >= 15 is 0 Å². The lowest BCUT2D eigenvalue weighted by Crippen LogP contribution is -1.93. The molecule has 0 saturated carbocycles. The summed E-state index contributed by atoms with van der Waals surface area (Å²) in [7, 11) is -4.61. The highest BCUT2D eigenvalue weighted by Crippen LogP contribution is 2.45. The highest BCUT2D eigenvalue weighted by molar-refractivity contribution is 7.57. The van der Waals surface area contributed by atoms with Gasteiger partial charge < -0.3 is 14.4 Å². The van der Waals surface area contributed by atoms with Crippen molar-refractivity contribution in [3.05, 3.63) is 95.8 Å². The van der Waals surface area contributed by atoms with Crippen LogP contribution in [0.5, 0.6) is 0 Å². The Bertz CT molecular complexity index is 1870. The van der Waals surface area contributed by atoms with Gasteiger partial charge in [-0.3, -0.25) is 4.57 Å². The van der Waals surface area contributed by atoms with Crippen LogP contribution in [0.1, 0.15) is 5.56 Å². The summed E-state index contributed by atoms with van der Waals surface area (Å²) in [6, 6.07) is 30.1. The lowest BCUT2D eigenvalue weighted by Gasteiger charge is -2.09. The molecule has 0 unspecified atom stereocenters. The Kier molecular flexibility index (Phi) is 4.70. The van der Waals surface area contributed by atoms with Crippen LogP contribution >= 0.6 is 18.9 Å². The molecule has 4 aromatic carbocycles. The van der Waals surface area contributed by atoms with Gasteiger partial charge in [0.15, 0.2) is 0 Å². The number of benzene rings is 4. The zero-order chi connectivity index (χ0) is 23.4. The van der Waals surface area contributed by atoms with E-state index in [4.69, 9.17) is 5.26 Å². The van der Waals surface area contributed by atoms with E-state index in [1.54, 1.807) is 29.5 Å². The first-order valence-electron chi connectivity index (χ1n) is 10.6. The molecule has 34 heavy (non-hydrogen) atoms. The van der Waals surface area contributed by atoms with Crippen molar-refractivity contribution in [1.82, 2.24) is 4.57 Å². The zero-order valence-corrected chi connectivity index (χ0v) is 19.4. The SMILES string of the molecule is N#CC(=Cc1ccc(-n2c3ccccc3c3c4sc5ccccc5c4ccc32)cc1)P(=O)(O)O. The van der Waals surface area contributed by atoms with Crippen molar-refractivity contribution in [2.24, 2.45) is 0 Å². The second kappa shape index (κ2) is 7.66. The third-order valence-electron chi connectivity index (χ3n) is 6.06. The number of para-hydroxylation sites is 1. The smallest absolute Gasteiger partial charge is 0.321 e. The predicted octanol–water partition coefficient (Wildman–Crippen LogP) is 7.19. The number of rotatable bonds is 3. The zero-order valence-electron chi connectivity index (χ0n) is 17.7. The van der Waals surface area contributed by atoms with Gasteiger partial charge in [-0.25, -0.2) is 0 Å². The second-order valence-corrected chi connectivity index (χ2v) is 10.7. The van der Waals surface area contributed by atoms with Crippen molar-refractivity contribution in [1.29, 1.82) is 5.26 Å². The quantitative estimate of drug-likeness (QED) is 0.207. The van der Waals surface area contributed by atoms with E-state index in [0.717, 1.165) is 16.7 Å². The van der Waals surface area contributed by atoms with E-state index in [9.17, 15) is 14.4 Å². The summed E-state index contributed by atoms with van der Waals surface area (Å²) in [4.78, 5) is 18.7. The van der Waals surface area contributed by atoms with Crippen LogP contribution in [-0.4, -0.2) is 14.4 Å². The fourth-order valence-electron chi connectivity index (χ4n) is 4.57. The topological polar surface area (TPSA) is 86.2 Å². The molecule has 0 fully saturated rings. The molecule has 7 heteroatoms. The van der Waals surface area contributed by atoms with Crippen molar-refractivity contribution in [2.45, 2.75) is 0 Å². The second-order valence-electron chi connectivity index (χ2n) is 8.06. The van der Waals surface area contributed by atoms with Gasteiger partial charge in [0.1, 0.15) is 11.4 Å². The lowest BCUT2D eigenvalue weighted by molar-refractivity contribution is 0.384. The Labute approximate surface area is 198 Å². The monoisotopic (exact) mass is 480 g/mol. The summed E-state index contributed by atoms with van der Waals surface area (Å²) in [6.07, 6.45) is 1.23. The maximum absolute atomic E-state index is 11.5. The molecule has 0 aliphatic carbocycles. The van der Waals surface area contributed by atoms with Crippen LogP contribution in [0.15, 0.2) is 90.2 Å². The average Bonchev–Trinajstić information content (AvgIpc) is 3.38. The molecule has 0 amide bonds. The number of fused-ring (bicyclic) bond motifs is 7. The van der Waals surface area contributed by atoms with Gasteiger partial charge in [-0.15, -0.1) is 11.3 Å². The fourth-order valence-corrected chi connectivity index (χ4v) is 6.28. The molecule has 0 aliphatic rings. The number of hydrogen-bond donors (Lipinski definition) is 2. The van der Waals surface area contributed by atoms with E-state index in [1.165, 1.54) is 37.0 Å². The molecule has 2 N–H and O–H groups in total. The highest BCUT2D eigenvalue weighted by Gasteiger charge is 2.21. The van der Waals surface area contributed by atoms with E-state index in [1.807, 2.05) is 18.2 Å². The highest BCUT2D eigenvalue weighted by atomic mass is 32.1. The van der Waals surface area contributed by atoms with Crippen LogP contribution in [0.3, 0.4) is 0 Å². The van der Waals surface area contributed by atoms with Gasteiger partial charge in [0.05, 0.1) is 11.0 Å². The van der Waals surface area contributed by atoms with E-state index in [0.29, 0.717) is 5.56 Å². The first-order chi connectivity index (χ1) is 16.5. The van der Waals surface area contributed by atoms with Gasteiger partial charge in [-0.05, 0) is 42.0 Å². The van der Waals surface area contributed by atoms with Gasteiger partial charge >= 0.3 is 7.60 Å². The molecule has 2 aromatic heterocycles. The van der Waals surface area contributed by atoms with Crippen LogP contribution in [0.2, 0.25) is 0 Å². The molecule has 0 aliphatic heterocycles. The number of aromatic nitrogens is 1. The Hall–Kier alpha value is -3.72. The molecule has 0 bridgehead atoms. The molecule has 0 spiro atoms. The summed E-state index contributed by atoms with van der Waals surface area (Å²) in [5, 5.41) is 13.4. The summed E-state index contributed by atoms with van der Waals surface area (Å²) >= 11 is 1.80. The number of allylic oxidation sites excluding steroid dienone is 1. The molecule has 2 heterocycles. The number of nitrogens with zero attached hydrogens (tertiary/aromatic N) is 2. The standard InChI is InChI=1S/C27H17N2O3PS/c28-16-19(33(30,31)32)15-17-9-11-18(12-10-17)29-23-7-3-1-6-22(23)26-24(29)14-13-21-20-5-2-4-8-25(20)34-27(21)26/h1-15H,(H2,30,31,32). The van der Waals surface area contributed by atoms with E-state index in [-0.39, 0.29) is 0 Å². The third-order valence-corrected chi connectivity index (χ3v) is 8.12. The predicted molar refractivity (Wildman–Crippen MR) is 139 cm³/mol. The molecule has 6 rings (SSSR count). The third kappa shape index (κ3) is 3.19. The summed E-state index contributed by atoms with van der Waals surface area (Å²) in [5.41, 5.74) is 3.66. The van der Waals surface area contributed by atoms with Crippen molar-refractivity contribution in [2.75, 3.05) is 0 Å². The van der Waals surface area contributed by atoms with Crippen LogP contribution in [0.4, 0.5) is 0 Å². The van der Waals surface area contributed by atoms with Gasteiger partial charge in [0.2, 0.25) is 0 Å². The normalized spacial score (nSPS) is 12.7. The minimum absolute atomic E-state index is 0.552. The van der Waals surface area contributed by atoms with Gasteiger partial charge in [0.25, 0.3) is 0 Å². The Balaban J connectivity index is 1.60. The summed E-state index contributed by atoms with van der Waals surface area (Å²) in [5.74, 6) is 0. The van der Waals surface area contributed by atoms with Crippen molar-refractivity contribution >= 4 is 67.0 Å². The molecular weight excluding hydrogens is 463 g/mol. The minimum atomic E-state index is -4.61. The van der Waals surface area contributed by atoms with Gasteiger partial charge in [0, 0.05) is 36.6 Å². The van der Waals surface area contributed by atoms with Crippen molar-refractivity contribution in [3.63, 3.8) is 0 Å². The largest absolute Gasteiger partial charge is 0.366 e.